The summed E-state index contributed by atoms with van der Waals surface area (Å²) in [5.41, 5.74) is 0.483. The molecule has 6 nitrogen and oxygen atoms in total. The largest absolute Gasteiger partial charge is 0.507 e. The van der Waals surface area contributed by atoms with Crippen molar-refractivity contribution in [2.45, 2.75) is 26.2 Å². The zero-order valence-electron chi connectivity index (χ0n) is 14.4. The SMILES string of the molecule is CCCCOCCCNC(=O)C(=O)Nc1cccc2c(O)cccc12. The van der Waals surface area contributed by atoms with Crippen LogP contribution in [0.3, 0.4) is 0 Å². The minimum Gasteiger partial charge on any atom is -0.507 e. The zero-order chi connectivity index (χ0) is 18.1. The lowest BCUT2D eigenvalue weighted by Gasteiger charge is -2.10. The molecule has 0 saturated carbocycles. The molecule has 3 N–H and O–H groups in total. The van der Waals surface area contributed by atoms with E-state index in [1.54, 1.807) is 36.4 Å². The van der Waals surface area contributed by atoms with Gasteiger partial charge in [-0.3, -0.25) is 9.59 Å². The lowest BCUT2D eigenvalue weighted by Crippen LogP contribution is -2.36. The van der Waals surface area contributed by atoms with Gasteiger partial charge in [-0.05, 0) is 25.0 Å². The van der Waals surface area contributed by atoms with Crippen LogP contribution in [0.25, 0.3) is 10.8 Å². The number of anilines is 1. The molecule has 0 spiro atoms. The lowest BCUT2D eigenvalue weighted by atomic mass is 10.1. The quantitative estimate of drug-likeness (QED) is 0.507. The van der Waals surface area contributed by atoms with Crippen molar-refractivity contribution in [3.05, 3.63) is 36.4 Å². The number of hydrogen-bond acceptors (Lipinski definition) is 4. The van der Waals surface area contributed by atoms with Gasteiger partial charge in [0.05, 0.1) is 0 Å². The number of benzene rings is 2. The van der Waals surface area contributed by atoms with Gasteiger partial charge in [-0.2, -0.15) is 0 Å². The van der Waals surface area contributed by atoms with Crippen molar-refractivity contribution in [1.82, 2.24) is 5.32 Å². The van der Waals surface area contributed by atoms with Gasteiger partial charge in [0.15, 0.2) is 0 Å². The molecule has 2 rings (SSSR count). The monoisotopic (exact) mass is 344 g/mol. The number of amides is 2. The molecule has 0 radical (unpaired) electrons. The van der Waals surface area contributed by atoms with E-state index in [1.807, 2.05) is 0 Å². The van der Waals surface area contributed by atoms with Gasteiger partial charge in [-0.1, -0.05) is 37.6 Å². The molecule has 0 unspecified atom stereocenters. The zero-order valence-corrected chi connectivity index (χ0v) is 14.4. The summed E-state index contributed by atoms with van der Waals surface area (Å²) in [4.78, 5) is 23.9. The second-order valence-corrected chi connectivity index (χ2v) is 5.71. The van der Waals surface area contributed by atoms with Crippen LogP contribution in [-0.4, -0.2) is 36.7 Å². The van der Waals surface area contributed by atoms with Gasteiger partial charge in [0.25, 0.3) is 0 Å². The third-order valence-electron chi connectivity index (χ3n) is 3.75. The first-order chi connectivity index (χ1) is 12.1. The smallest absolute Gasteiger partial charge is 0.313 e. The summed E-state index contributed by atoms with van der Waals surface area (Å²) in [5, 5.41) is 16.3. The van der Waals surface area contributed by atoms with E-state index >= 15 is 0 Å². The van der Waals surface area contributed by atoms with Crippen LogP contribution in [0.2, 0.25) is 0 Å². The number of phenolic OH excluding ortho intramolecular Hbond substituents is 1. The van der Waals surface area contributed by atoms with Crippen molar-refractivity contribution in [2.75, 3.05) is 25.1 Å². The average Bonchev–Trinajstić information content (AvgIpc) is 2.61. The lowest BCUT2D eigenvalue weighted by molar-refractivity contribution is -0.136. The van der Waals surface area contributed by atoms with Crippen LogP contribution in [0, 0.1) is 0 Å². The topological polar surface area (TPSA) is 87.7 Å². The molecule has 0 saturated heterocycles. The molecule has 2 amide bonds. The van der Waals surface area contributed by atoms with E-state index in [4.69, 9.17) is 4.74 Å². The van der Waals surface area contributed by atoms with Gasteiger partial charge in [0, 0.05) is 36.2 Å². The van der Waals surface area contributed by atoms with Gasteiger partial charge in [0.1, 0.15) is 5.75 Å². The molecule has 0 atom stereocenters. The molecule has 6 heteroatoms. The van der Waals surface area contributed by atoms with Crippen LogP contribution in [0.15, 0.2) is 36.4 Å². The number of ether oxygens (including phenoxy) is 1. The van der Waals surface area contributed by atoms with Crippen LogP contribution in [0.4, 0.5) is 5.69 Å². The summed E-state index contributed by atoms with van der Waals surface area (Å²) < 4.78 is 5.40. The summed E-state index contributed by atoms with van der Waals surface area (Å²) in [7, 11) is 0. The summed E-state index contributed by atoms with van der Waals surface area (Å²) in [5.74, 6) is -1.30. The normalized spacial score (nSPS) is 10.6. The first kappa shape index (κ1) is 18.7. The van der Waals surface area contributed by atoms with Crippen molar-refractivity contribution < 1.29 is 19.4 Å². The van der Waals surface area contributed by atoms with E-state index in [-0.39, 0.29) is 5.75 Å². The Kier molecular flexibility index (Phi) is 7.22. The Hall–Kier alpha value is -2.60. The van der Waals surface area contributed by atoms with Crippen LogP contribution < -0.4 is 10.6 Å². The van der Waals surface area contributed by atoms with Crippen molar-refractivity contribution >= 4 is 28.3 Å². The maximum atomic E-state index is 12.0. The Balaban J connectivity index is 1.84. The Labute approximate surface area is 147 Å². The molecule has 0 fully saturated rings. The highest BCUT2D eigenvalue weighted by Gasteiger charge is 2.14. The molecule has 0 aromatic heterocycles. The number of hydrogen-bond donors (Lipinski definition) is 3. The third-order valence-corrected chi connectivity index (χ3v) is 3.75. The van der Waals surface area contributed by atoms with Crippen molar-refractivity contribution in [3.63, 3.8) is 0 Å². The molecule has 2 aromatic carbocycles. The number of aromatic hydroxyl groups is 1. The summed E-state index contributed by atoms with van der Waals surface area (Å²) in [6.45, 7) is 3.76. The molecule has 0 aliphatic heterocycles. The van der Waals surface area contributed by atoms with Gasteiger partial charge in [-0.25, -0.2) is 0 Å². The minimum absolute atomic E-state index is 0.126. The highest BCUT2D eigenvalue weighted by Crippen LogP contribution is 2.29. The number of fused-ring (bicyclic) bond motifs is 1. The Morgan fingerprint density at radius 1 is 1.00 bits per heavy atom. The van der Waals surface area contributed by atoms with Crippen LogP contribution in [-0.2, 0) is 14.3 Å². The number of carbonyl (C=O) groups excluding carboxylic acids is 2. The number of carbonyl (C=O) groups is 2. The molecule has 134 valence electrons. The van der Waals surface area contributed by atoms with Crippen LogP contribution >= 0.6 is 0 Å². The van der Waals surface area contributed by atoms with Crippen LogP contribution in [0.1, 0.15) is 26.2 Å². The predicted molar refractivity (Wildman–Crippen MR) is 97.6 cm³/mol. The van der Waals surface area contributed by atoms with E-state index in [2.05, 4.69) is 17.6 Å². The first-order valence-electron chi connectivity index (χ1n) is 8.51. The fourth-order valence-electron chi connectivity index (χ4n) is 2.39. The standard InChI is InChI=1S/C19H24N2O4/c1-2-3-12-25-13-6-11-20-18(23)19(24)21-16-9-4-8-15-14(16)7-5-10-17(15)22/h4-5,7-10,22H,2-3,6,11-13H2,1H3,(H,20,23)(H,21,24). The van der Waals surface area contributed by atoms with E-state index in [0.717, 1.165) is 19.4 Å². The molecule has 25 heavy (non-hydrogen) atoms. The summed E-state index contributed by atoms with van der Waals surface area (Å²) in [6, 6.07) is 10.2. The average molecular weight is 344 g/mol. The highest BCUT2D eigenvalue weighted by atomic mass is 16.5. The second-order valence-electron chi connectivity index (χ2n) is 5.71. The molecule has 0 aliphatic carbocycles. The number of unbranched alkanes of at least 4 members (excludes halogenated alkanes) is 1. The second kappa shape index (κ2) is 9.64. The Bertz CT molecular complexity index is 730. The van der Waals surface area contributed by atoms with E-state index in [9.17, 15) is 14.7 Å². The predicted octanol–water partition coefficient (Wildman–Crippen LogP) is 2.81. The summed E-state index contributed by atoms with van der Waals surface area (Å²) >= 11 is 0. The minimum atomic E-state index is -0.734. The maximum absolute atomic E-state index is 12.0. The molecular formula is C19H24N2O4. The van der Waals surface area contributed by atoms with E-state index in [0.29, 0.717) is 36.0 Å². The van der Waals surface area contributed by atoms with Gasteiger partial charge in [-0.15, -0.1) is 0 Å². The number of phenols is 1. The van der Waals surface area contributed by atoms with Crippen molar-refractivity contribution in [1.29, 1.82) is 0 Å². The van der Waals surface area contributed by atoms with Crippen molar-refractivity contribution in [2.24, 2.45) is 0 Å². The number of rotatable bonds is 8. The molecular weight excluding hydrogens is 320 g/mol. The maximum Gasteiger partial charge on any atom is 0.313 e. The Morgan fingerprint density at radius 3 is 2.52 bits per heavy atom. The van der Waals surface area contributed by atoms with Crippen LogP contribution in [0.5, 0.6) is 5.75 Å². The highest BCUT2D eigenvalue weighted by molar-refractivity contribution is 6.40. The molecule has 0 aliphatic rings. The van der Waals surface area contributed by atoms with Gasteiger partial charge < -0.3 is 20.5 Å². The third kappa shape index (κ3) is 5.46. The van der Waals surface area contributed by atoms with Gasteiger partial charge in [0.2, 0.25) is 0 Å². The Morgan fingerprint density at radius 2 is 1.72 bits per heavy atom. The van der Waals surface area contributed by atoms with E-state index < -0.39 is 11.8 Å². The van der Waals surface area contributed by atoms with E-state index in [1.165, 1.54) is 0 Å². The first-order valence-corrected chi connectivity index (χ1v) is 8.51. The fourth-order valence-corrected chi connectivity index (χ4v) is 2.39. The molecule has 0 bridgehead atoms. The van der Waals surface area contributed by atoms with Gasteiger partial charge >= 0.3 is 11.8 Å². The fraction of sp³-hybridized carbons (Fsp3) is 0.368. The van der Waals surface area contributed by atoms with Crippen molar-refractivity contribution in [3.8, 4) is 5.75 Å². The molecule has 0 heterocycles. The molecule has 2 aromatic rings. The summed E-state index contributed by atoms with van der Waals surface area (Å²) in [6.07, 6.45) is 2.77. The number of nitrogens with one attached hydrogen (secondary N) is 2.